The molecule has 4 N–H and O–H groups in total. The predicted octanol–water partition coefficient (Wildman–Crippen LogP) is 2.03. The molecule has 22 heavy (non-hydrogen) atoms. The molecule has 0 radical (unpaired) electrons. The molecule has 6 heteroatoms. The van der Waals surface area contributed by atoms with E-state index in [1.54, 1.807) is 12.1 Å². The van der Waals surface area contributed by atoms with Crippen LogP contribution in [0.25, 0.3) is 0 Å². The van der Waals surface area contributed by atoms with Gasteiger partial charge in [0.2, 0.25) is 0 Å². The third-order valence-electron chi connectivity index (χ3n) is 4.21. The Balaban J connectivity index is 1.85. The second kappa shape index (κ2) is 6.36. The van der Waals surface area contributed by atoms with E-state index in [2.05, 4.69) is 5.32 Å². The number of rotatable bonds is 1. The Bertz CT molecular complexity index is 588. The Kier molecular flexibility index (Phi) is 4.29. The maximum Gasteiger partial charge on any atom is 0.338 e. The molecular weight excluding hydrogens is 282 g/mol. The molecule has 2 aliphatic rings. The number of carbonyl (C=O) groups excluding carboxylic acids is 1. The zero-order valence-electron chi connectivity index (χ0n) is 12.4. The van der Waals surface area contributed by atoms with Crippen molar-refractivity contribution in [2.24, 2.45) is 5.73 Å². The highest BCUT2D eigenvalue weighted by Crippen LogP contribution is 2.28. The normalized spacial score (nSPS) is 24.8. The summed E-state index contributed by atoms with van der Waals surface area (Å²) < 4.78 is 11.6. The quantitative estimate of drug-likeness (QED) is 0.419. The zero-order chi connectivity index (χ0) is 15.5. The van der Waals surface area contributed by atoms with Gasteiger partial charge in [0.15, 0.2) is 5.96 Å². The molecule has 1 aromatic rings. The molecule has 0 amide bonds. The van der Waals surface area contributed by atoms with Crippen LogP contribution >= 0.6 is 0 Å². The summed E-state index contributed by atoms with van der Waals surface area (Å²) >= 11 is 0. The first-order valence-corrected chi connectivity index (χ1v) is 7.70. The van der Waals surface area contributed by atoms with E-state index in [4.69, 9.17) is 20.6 Å². The lowest BCUT2D eigenvalue weighted by molar-refractivity contribution is -0.0681. The van der Waals surface area contributed by atoms with E-state index < -0.39 is 0 Å². The van der Waals surface area contributed by atoms with Crippen molar-refractivity contribution in [2.75, 3.05) is 11.9 Å². The number of anilines is 1. The molecule has 6 nitrogen and oxygen atoms in total. The molecule has 0 saturated heterocycles. The number of ether oxygens (including phenoxy) is 2. The molecule has 0 spiro atoms. The Morgan fingerprint density at radius 3 is 2.82 bits per heavy atom. The molecule has 1 fully saturated rings. The second-order valence-electron chi connectivity index (χ2n) is 5.80. The van der Waals surface area contributed by atoms with Crippen molar-refractivity contribution in [3.05, 3.63) is 29.3 Å². The van der Waals surface area contributed by atoms with Crippen LogP contribution < -0.4 is 11.1 Å². The largest absolute Gasteiger partial charge is 0.456 e. The first-order valence-electron chi connectivity index (χ1n) is 7.70. The maximum atomic E-state index is 12.4. The summed E-state index contributed by atoms with van der Waals surface area (Å²) in [6, 6.07) is 5.29. The minimum absolute atomic E-state index is 0.0156. The lowest BCUT2D eigenvalue weighted by Crippen LogP contribution is -2.36. The van der Waals surface area contributed by atoms with Gasteiger partial charge in [-0.2, -0.15) is 0 Å². The number of hydrogen-bond acceptors (Lipinski definition) is 4. The van der Waals surface area contributed by atoms with Crippen LogP contribution in [0.1, 0.15) is 41.6 Å². The number of nitrogens with one attached hydrogen (secondary N) is 2. The molecule has 118 valence electrons. The van der Waals surface area contributed by atoms with E-state index in [0.29, 0.717) is 24.3 Å². The van der Waals surface area contributed by atoms with Crippen molar-refractivity contribution in [3.63, 3.8) is 0 Å². The number of guanidine groups is 1. The minimum Gasteiger partial charge on any atom is -0.456 e. The van der Waals surface area contributed by atoms with E-state index >= 15 is 0 Å². The summed E-state index contributed by atoms with van der Waals surface area (Å²) in [4.78, 5) is 12.4. The van der Waals surface area contributed by atoms with Crippen LogP contribution in [0.15, 0.2) is 18.2 Å². The molecule has 1 aliphatic carbocycles. The fourth-order valence-corrected chi connectivity index (χ4v) is 3.14. The molecule has 1 aromatic carbocycles. The topological polar surface area (TPSA) is 97.4 Å². The summed E-state index contributed by atoms with van der Waals surface area (Å²) in [6.07, 6.45) is 4.54. The summed E-state index contributed by atoms with van der Waals surface area (Å²) in [5.41, 5.74) is 7.46. The van der Waals surface area contributed by atoms with Crippen molar-refractivity contribution >= 4 is 17.6 Å². The standard InChI is InChI=1S/C16H21N3O3/c17-16(18)19-11-5-6-12-10(9-11)7-8-21-13-3-1-2-4-14(13)22-15(12)20/h5-6,9,13-14H,1-4,7-8H2,(H4,17,18,19). The van der Waals surface area contributed by atoms with E-state index in [-0.39, 0.29) is 24.1 Å². The summed E-state index contributed by atoms with van der Waals surface area (Å²) in [5, 5.41) is 10.0. The van der Waals surface area contributed by atoms with Gasteiger partial charge in [-0.1, -0.05) is 6.42 Å². The third kappa shape index (κ3) is 3.22. The van der Waals surface area contributed by atoms with E-state index in [1.165, 1.54) is 0 Å². The van der Waals surface area contributed by atoms with Gasteiger partial charge in [-0.25, -0.2) is 4.79 Å². The van der Waals surface area contributed by atoms with Gasteiger partial charge in [0, 0.05) is 5.69 Å². The maximum absolute atomic E-state index is 12.4. The van der Waals surface area contributed by atoms with Crippen LogP contribution in [0, 0.1) is 5.41 Å². The van der Waals surface area contributed by atoms with Crippen LogP contribution in [-0.4, -0.2) is 30.7 Å². The molecule has 3 rings (SSSR count). The first-order chi connectivity index (χ1) is 10.6. The van der Waals surface area contributed by atoms with Gasteiger partial charge in [-0.15, -0.1) is 0 Å². The van der Waals surface area contributed by atoms with Crippen molar-refractivity contribution in [3.8, 4) is 0 Å². The average Bonchev–Trinajstić information content (AvgIpc) is 2.54. The minimum atomic E-state index is -0.285. The third-order valence-corrected chi connectivity index (χ3v) is 4.21. The van der Waals surface area contributed by atoms with Crippen LogP contribution in [0.3, 0.4) is 0 Å². The summed E-state index contributed by atoms with van der Waals surface area (Å²) in [5.74, 6) is -0.417. The molecule has 1 saturated carbocycles. The molecule has 1 aliphatic heterocycles. The number of benzene rings is 1. The fraction of sp³-hybridized carbons (Fsp3) is 0.500. The highest BCUT2D eigenvalue weighted by atomic mass is 16.6. The van der Waals surface area contributed by atoms with Crippen molar-refractivity contribution in [2.45, 2.75) is 44.3 Å². The van der Waals surface area contributed by atoms with E-state index in [1.807, 2.05) is 6.07 Å². The number of esters is 1. The Morgan fingerprint density at radius 2 is 2.05 bits per heavy atom. The van der Waals surface area contributed by atoms with E-state index in [9.17, 15) is 4.79 Å². The molecule has 2 atom stereocenters. The molecule has 1 heterocycles. The molecule has 2 unspecified atom stereocenters. The van der Waals surface area contributed by atoms with E-state index in [0.717, 1.165) is 31.2 Å². The van der Waals surface area contributed by atoms with Crippen LogP contribution in [0.5, 0.6) is 0 Å². The molecule has 0 aromatic heterocycles. The van der Waals surface area contributed by atoms with Gasteiger partial charge in [0.25, 0.3) is 0 Å². The molecule has 0 bridgehead atoms. The Hall–Kier alpha value is -2.08. The van der Waals surface area contributed by atoms with Crippen molar-refractivity contribution < 1.29 is 14.3 Å². The van der Waals surface area contributed by atoms with Gasteiger partial charge in [0.05, 0.1) is 18.3 Å². The summed E-state index contributed by atoms with van der Waals surface area (Å²) in [7, 11) is 0. The lowest BCUT2D eigenvalue weighted by Gasteiger charge is -2.30. The van der Waals surface area contributed by atoms with Gasteiger partial charge in [-0.05, 0) is 49.4 Å². The number of nitrogens with two attached hydrogens (primary N) is 1. The SMILES string of the molecule is N=C(N)Nc1ccc2c(c1)CCOC1CCCCC1OC2=O. The summed E-state index contributed by atoms with van der Waals surface area (Å²) in [6.45, 7) is 0.564. The van der Waals surface area contributed by atoms with Crippen LogP contribution in [-0.2, 0) is 15.9 Å². The predicted molar refractivity (Wildman–Crippen MR) is 83.1 cm³/mol. The number of fused-ring (bicyclic) bond motifs is 2. The highest BCUT2D eigenvalue weighted by molar-refractivity contribution is 5.94. The van der Waals surface area contributed by atoms with Crippen molar-refractivity contribution in [1.82, 2.24) is 0 Å². The highest BCUT2D eigenvalue weighted by Gasteiger charge is 2.31. The average molecular weight is 303 g/mol. The fourth-order valence-electron chi connectivity index (χ4n) is 3.14. The van der Waals surface area contributed by atoms with Gasteiger partial charge >= 0.3 is 5.97 Å². The molecular formula is C16H21N3O3. The Morgan fingerprint density at radius 1 is 1.27 bits per heavy atom. The monoisotopic (exact) mass is 303 g/mol. The second-order valence-corrected chi connectivity index (χ2v) is 5.80. The van der Waals surface area contributed by atoms with Gasteiger partial charge in [-0.3, -0.25) is 5.41 Å². The Labute approximate surface area is 129 Å². The van der Waals surface area contributed by atoms with Gasteiger partial charge < -0.3 is 20.5 Å². The first kappa shape index (κ1) is 14.8. The smallest absolute Gasteiger partial charge is 0.338 e. The van der Waals surface area contributed by atoms with Gasteiger partial charge in [0.1, 0.15) is 6.10 Å². The van der Waals surface area contributed by atoms with Crippen LogP contribution in [0.2, 0.25) is 0 Å². The van der Waals surface area contributed by atoms with Crippen LogP contribution in [0.4, 0.5) is 5.69 Å². The number of hydrogen-bond donors (Lipinski definition) is 3. The zero-order valence-corrected chi connectivity index (χ0v) is 12.4. The number of carbonyl (C=O) groups is 1. The lowest BCUT2D eigenvalue weighted by atomic mass is 9.94. The van der Waals surface area contributed by atoms with Crippen molar-refractivity contribution in [1.29, 1.82) is 5.41 Å².